The van der Waals surface area contributed by atoms with E-state index in [0.29, 0.717) is 0 Å². The molecule has 0 aliphatic carbocycles. The molecule has 4 N–H and O–H groups in total. The largest absolute Gasteiger partial charge is 0.459 e. The summed E-state index contributed by atoms with van der Waals surface area (Å²) in [4.78, 5) is 36.6. The molecule has 0 heterocycles. The molecule has 0 radical (unpaired) electrons. The maximum absolute atomic E-state index is 12.6. The molecule has 0 aromatic heterocycles. The van der Waals surface area contributed by atoms with Crippen molar-refractivity contribution in [2.75, 3.05) is 26.4 Å². The molecule has 0 spiro atoms. The Bertz CT molecular complexity index is 730. The van der Waals surface area contributed by atoms with Gasteiger partial charge in [-0.05, 0) is 67.8 Å². The molecular formula is C16H17I3O10. The SMILES string of the molecule is CC(=O)Oc1c(I)c(C(=O)OC[C@H](O)CO)c(I)c(C(=O)OC[C@@H](O)CO)c1I. The second-order valence-corrected chi connectivity index (χ2v) is 8.72. The predicted molar refractivity (Wildman–Crippen MR) is 123 cm³/mol. The van der Waals surface area contributed by atoms with Gasteiger partial charge in [0.2, 0.25) is 0 Å². The van der Waals surface area contributed by atoms with Gasteiger partial charge in [0, 0.05) is 10.5 Å². The van der Waals surface area contributed by atoms with Gasteiger partial charge in [0.1, 0.15) is 25.4 Å². The van der Waals surface area contributed by atoms with Gasteiger partial charge in [-0.25, -0.2) is 9.59 Å². The summed E-state index contributed by atoms with van der Waals surface area (Å²) in [6.45, 7) is -1.05. The number of rotatable bonds is 9. The van der Waals surface area contributed by atoms with Crippen LogP contribution in [0.5, 0.6) is 5.75 Å². The molecule has 0 aliphatic heterocycles. The van der Waals surface area contributed by atoms with Crippen molar-refractivity contribution in [3.63, 3.8) is 0 Å². The minimum Gasteiger partial charge on any atom is -0.459 e. The molecule has 0 amide bonds. The zero-order chi connectivity index (χ0) is 22.3. The van der Waals surface area contributed by atoms with Gasteiger partial charge in [0.05, 0.1) is 31.5 Å². The van der Waals surface area contributed by atoms with E-state index in [9.17, 15) is 24.6 Å². The molecule has 0 aliphatic rings. The molecular weight excluding hydrogens is 733 g/mol. The lowest BCUT2D eigenvalue weighted by molar-refractivity contribution is -0.132. The van der Waals surface area contributed by atoms with Crippen LogP contribution in [0.4, 0.5) is 0 Å². The molecule has 29 heavy (non-hydrogen) atoms. The number of hydrogen-bond donors (Lipinski definition) is 4. The molecule has 0 saturated carbocycles. The molecule has 0 bridgehead atoms. The predicted octanol–water partition coefficient (Wildman–Crippen LogP) is 0.446. The van der Waals surface area contributed by atoms with E-state index < -0.39 is 56.5 Å². The normalized spacial score (nSPS) is 12.8. The van der Waals surface area contributed by atoms with Crippen LogP contribution in [-0.4, -0.2) is 77.0 Å². The van der Waals surface area contributed by atoms with Gasteiger partial charge < -0.3 is 34.6 Å². The van der Waals surface area contributed by atoms with Crippen LogP contribution in [0.2, 0.25) is 0 Å². The maximum Gasteiger partial charge on any atom is 0.340 e. The first-order chi connectivity index (χ1) is 13.5. The number of aliphatic hydroxyl groups is 4. The Morgan fingerprint density at radius 2 is 1.21 bits per heavy atom. The second kappa shape index (κ2) is 12.5. The van der Waals surface area contributed by atoms with E-state index in [2.05, 4.69) is 0 Å². The fourth-order valence-corrected chi connectivity index (χ4v) is 6.09. The fraction of sp³-hybridized carbons (Fsp3) is 0.438. The molecule has 1 aromatic carbocycles. The molecule has 10 nitrogen and oxygen atoms in total. The molecule has 0 unspecified atom stereocenters. The van der Waals surface area contributed by atoms with Crippen LogP contribution in [0.15, 0.2) is 0 Å². The van der Waals surface area contributed by atoms with E-state index in [-0.39, 0.29) is 27.6 Å². The van der Waals surface area contributed by atoms with Crippen LogP contribution in [0.3, 0.4) is 0 Å². The minimum absolute atomic E-state index is 0.0524. The fourth-order valence-electron chi connectivity index (χ4n) is 1.83. The van der Waals surface area contributed by atoms with Gasteiger partial charge in [-0.2, -0.15) is 0 Å². The number of ether oxygens (including phenoxy) is 3. The number of esters is 3. The minimum atomic E-state index is -1.28. The highest BCUT2D eigenvalue weighted by Crippen LogP contribution is 2.38. The smallest absolute Gasteiger partial charge is 0.340 e. The van der Waals surface area contributed by atoms with Gasteiger partial charge in [-0.3, -0.25) is 4.79 Å². The van der Waals surface area contributed by atoms with Gasteiger partial charge in [-0.15, -0.1) is 0 Å². The summed E-state index contributed by atoms with van der Waals surface area (Å²) in [5.41, 5.74) is -0.190. The summed E-state index contributed by atoms with van der Waals surface area (Å²) in [5.74, 6) is -2.57. The molecule has 0 fully saturated rings. The Morgan fingerprint density at radius 1 is 0.828 bits per heavy atom. The van der Waals surface area contributed by atoms with Crippen molar-refractivity contribution in [1.82, 2.24) is 0 Å². The average Bonchev–Trinajstić information content (AvgIpc) is 2.67. The summed E-state index contributed by atoms with van der Waals surface area (Å²) in [6.07, 6.45) is -2.56. The molecule has 13 heteroatoms. The van der Waals surface area contributed by atoms with Gasteiger partial charge in [-0.1, -0.05) is 0 Å². The van der Waals surface area contributed by atoms with E-state index in [1.807, 2.05) is 0 Å². The number of carbonyl (C=O) groups is 3. The van der Waals surface area contributed by atoms with Gasteiger partial charge in [0.25, 0.3) is 0 Å². The van der Waals surface area contributed by atoms with E-state index >= 15 is 0 Å². The van der Waals surface area contributed by atoms with E-state index in [1.54, 1.807) is 67.8 Å². The van der Waals surface area contributed by atoms with Crippen LogP contribution in [-0.2, 0) is 14.3 Å². The lowest BCUT2D eigenvalue weighted by Gasteiger charge is -2.18. The summed E-state index contributed by atoms with van der Waals surface area (Å²) in [7, 11) is 0. The number of aliphatic hydroxyl groups excluding tert-OH is 4. The second-order valence-electron chi connectivity index (χ2n) is 5.48. The molecule has 1 rings (SSSR count). The summed E-state index contributed by atoms with van der Waals surface area (Å²) in [5, 5.41) is 36.4. The monoisotopic (exact) mass is 750 g/mol. The van der Waals surface area contributed by atoms with E-state index in [0.717, 1.165) is 6.92 Å². The van der Waals surface area contributed by atoms with Crippen molar-refractivity contribution in [2.45, 2.75) is 19.1 Å². The lowest BCUT2D eigenvalue weighted by atomic mass is 10.1. The van der Waals surface area contributed by atoms with Gasteiger partial charge in [0.15, 0.2) is 5.75 Å². The van der Waals surface area contributed by atoms with Crippen molar-refractivity contribution < 1.29 is 49.0 Å². The standard InChI is InChI=1S/C16H17I3O10/c1-6(22)29-14-12(18)9(15(25)27-4-7(23)2-20)11(17)10(13(14)19)16(26)28-5-8(24)3-21/h7-8,20-21,23-24H,2-5H2,1H3/t7-,8+. The van der Waals surface area contributed by atoms with E-state index in [1.165, 1.54) is 0 Å². The third-order valence-electron chi connectivity index (χ3n) is 3.17. The highest BCUT2D eigenvalue weighted by molar-refractivity contribution is 14.1. The number of halogens is 3. The van der Waals surface area contributed by atoms with Crippen LogP contribution in [0, 0.1) is 10.7 Å². The third kappa shape index (κ3) is 7.39. The summed E-state index contributed by atoms with van der Waals surface area (Å²) >= 11 is 5.25. The van der Waals surface area contributed by atoms with Crippen LogP contribution < -0.4 is 4.74 Å². The van der Waals surface area contributed by atoms with Crippen LogP contribution in [0.25, 0.3) is 0 Å². The van der Waals surface area contributed by atoms with Crippen LogP contribution in [0.1, 0.15) is 27.6 Å². The summed E-state index contributed by atoms with van der Waals surface area (Å²) in [6, 6.07) is 0. The number of carbonyl (C=O) groups excluding carboxylic acids is 3. The van der Waals surface area contributed by atoms with Crippen molar-refractivity contribution in [1.29, 1.82) is 0 Å². The molecule has 2 atom stereocenters. The molecule has 1 aromatic rings. The van der Waals surface area contributed by atoms with Crippen molar-refractivity contribution >= 4 is 85.7 Å². The zero-order valence-electron chi connectivity index (χ0n) is 14.9. The highest BCUT2D eigenvalue weighted by atomic mass is 127. The Kier molecular flexibility index (Phi) is 11.5. The topological polar surface area (TPSA) is 160 Å². The molecule has 162 valence electrons. The Morgan fingerprint density at radius 3 is 1.52 bits per heavy atom. The Hall–Kier alpha value is -0.340. The zero-order valence-corrected chi connectivity index (χ0v) is 21.3. The Labute approximate surface area is 206 Å². The van der Waals surface area contributed by atoms with Crippen molar-refractivity contribution in [3.8, 4) is 5.75 Å². The number of benzene rings is 1. The first-order valence-corrected chi connectivity index (χ1v) is 11.1. The Balaban J connectivity index is 3.45. The first-order valence-electron chi connectivity index (χ1n) is 7.86. The maximum atomic E-state index is 12.6. The summed E-state index contributed by atoms with van der Waals surface area (Å²) < 4.78 is 15.6. The quantitative estimate of drug-likeness (QED) is 0.159. The van der Waals surface area contributed by atoms with E-state index in [4.69, 9.17) is 24.4 Å². The van der Waals surface area contributed by atoms with Crippen molar-refractivity contribution in [2.24, 2.45) is 0 Å². The lowest BCUT2D eigenvalue weighted by Crippen LogP contribution is -2.25. The highest BCUT2D eigenvalue weighted by Gasteiger charge is 2.31. The molecule has 0 saturated heterocycles. The third-order valence-corrected chi connectivity index (χ3v) is 6.30. The van der Waals surface area contributed by atoms with Crippen molar-refractivity contribution in [3.05, 3.63) is 21.8 Å². The first kappa shape index (κ1) is 26.7. The van der Waals surface area contributed by atoms with Crippen LogP contribution >= 0.6 is 67.8 Å². The number of hydrogen-bond acceptors (Lipinski definition) is 10. The van der Waals surface area contributed by atoms with Gasteiger partial charge >= 0.3 is 17.9 Å². The average molecular weight is 750 g/mol.